The number of nitrogens with one attached hydrogen (secondary N) is 1. The molecular weight excluding hydrogens is 262 g/mol. The van der Waals surface area contributed by atoms with E-state index in [1.54, 1.807) is 0 Å². The summed E-state index contributed by atoms with van der Waals surface area (Å²) in [5, 5.41) is 3.19. The summed E-state index contributed by atoms with van der Waals surface area (Å²) < 4.78 is 0. The van der Waals surface area contributed by atoms with Gasteiger partial charge in [0.2, 0.25) is 5.91 Å². The van der Waals surface area contributed by atoms with Gasteiger partial charge < -0.3 is 11.1 Å². The molecule has 0 aromatic heterocycles. The molecule has 0 aromatic rings. The Morgan fingerprint density at radius 3 is 2.47 bits per heavy atom. The summed E-state index contributed by atoms with van der Waals surface area (Å²) in [6.45, 7) is 2.25. The molecule has 1 saturated heterocycles. The van der Waals surface area contributed by atoms with Crippen LogP contribution < -0.4 is 11.1 Å². The first-order valence-corrected chi connectivity index (χ1v) is 7.53. The largest absolute Gasteiger partial charge is 0.352 e. The Kier molecular flexibility index (Phi) is 7.73. The van der Waals surface area contributed by atoms with Crippen LogP contribution in [0.15, 0.2) is 0 Å². The number of nitrogens with zero attached hydrogens (tertiary/aromatic N) is 1. The number of halogens is 1. The fourth-order valence-electron chi connectivity index (χ4n) is 3.24. The number of likely N-dealkylation sites (tertiary alicyclic amines) is 1. The van der Waals surface area contributed by atoms with Crippen LogP contribution in [0.1, 0.15) is 51.4 Å². The van der Waals surface area contributed by atoms with E-state index in [1.807, 2.05) is 0 Å². The number of hydrogen-bond donors (Lipinski definition) is 2. The van der Waals surface area contributed by atoms with Gasteiger partial charge in [0.15, 0.2) is 0 Å². The van der Waals surface area contributed by atoms with Crippen molar-refractivity contribution in [1.82, 2.24) is 10.2 Å². The first-order valence-electron chi connectivity index (χ1n) is 7.53. The molecule has 0 radical (unpaired) electrons. The molecule has 2 fully saturated rings. The van der Waals surface area contributed by atoms with E-state index in [0.29, 0.717) is 25.2 Å². The molecule has 1 heterocycles. The third-order valence-electron chi connectivity index (χ3n) is 4.34. The quantitative estimate of drug-likeness (QED) is 0.828. The van der Waals surface area contributed by atoms with Gasteiger partial charge in [-0.2, -0.15) is 0 Å². The van der Waals surface area contributed by atoms with Crippen LogP contribution in [0.5, 0.6) is 0 Å². The van der Waals surface area contributed by atoms with Gasteiger partial charge in [0.25, 0.3) is 0 Å². The van der Waals surface area contributed by atoms with Gasteiger partial charge >= 0.3 is 0 Å². The molecule has 1 aliphatic heterocycles. The number of amides is 1. The predicted octanol–water partition coefficient (Wildman–Crippen LogP) is 1.67. The molecule has 4 nitrogen and oxygen atoms in total. The molecule has 1 atom stereocenters. The molecule has 1 saturated carbocycles. The van der Waals surface area contributed by atoms with E-state index in [1.165, 1.54) is 32.1 Å². The second kappa shape index (κ2) is 8.77. The SMILES string of the molecule is Cl.NCC1CCCCN1CC(=O)NC1CCCCC1. The molecule has 0 spiro atoms. The summed E-state index contributed by atoms with van der Waals surface area (Å²) in [5.74, 6) is 0.197. The lowest BCUT2D eigenvalue weighted by molar-refractivity contribution is -0.124. The van der Waals surface area contributed by atoms with Crippen molar-refractivity contribution in [3.63, 3.8) is 0 Å². The van der Waals surface area contributed by atoms with Crippen LogP contribution in [0.3, 0.4) is 0 Å². The molecule has 19 heavy (non-hydrogen) atoms. The molecule has 1 amide bonds. The summed E-state index contributed by atoms with van der Waals surface area (Å²) in [5.41, 5.74) is 5.78. The Balaban J connectivity index is 0.00000180. The molecule has 2 aliphatic rings. The van der Waals surface area contributed by atoms with Crippen molar-refractivity contribution in [2.75, 3.05) is 19.6 Å². The number of nitrogens with two attached hydrogens (primary N) is 1. The maximum atomic E-state index is 12.0. The first kappa shape index (κ1) is 16.7. The molecule has 2 rings (SSSR count). The summed E-state index contributed by atoms with van der Waals surface area (Å²) in [4.78, 5) is 14.3. The Bertz CT molecular complexity index is 269. The fraction of sp³-hybridized carbons (Fsp3) is 0.929. The van der Waals surface area contributed by atoms with Crippen molar-refractivity contribution in [1.29, 1.82) is 0 Å². The van der Waals surface area contributed by atoms with Gasteiger partial charge in [0.1, 0.15) is 0 Å². The first-order chi connectivity index (χ1) is 8.79. The van der Waals surface area contributed by atoms with Gasteiger partial charge in [-0.25, -0.2) is 0 Å². The van der Waals surface area contributed by atoms with Crippen LogP contribution in [0.25, 0.3) is 0 Å². The zero-order chi connectivity index (χ0) is 12.8. The Labute approximate surface area is 122 Å². The van der Waals surface area contributed by atoms with Crippen molar-refractivity contribution >= 4 is 18.3 Å². The summed E-state index contributed by atoms with van der Waals surface area (Å²) >= 11 is 0. The molecule has 112 valence electrons. The van der Waals surface area contributed by atoms with Gasteiger partial charge in [-0.3, -0.25) is 9.69 Å². The van der Waals surface area contributed by atoms with Gasteiger partial charge in [-0.05, 0) is 32.2 Å². The van der Waals surface area contributed by atoms with Gasteiger partial charge in [-0.15, -0.1) is 12.4 Å². The van der Waals surface area contributed by atoms with Crippen molar-refractivity contribution in [3.05, 3.63) is 0 Å². The number of carbonyl (C=O) groups excluding carboxylic acids is 1. The average Bonchev–Trinajstić information content (AvgIpc) is 2.40. The Morgan fingerprint density at radius 1 is 1.11 bits per heavy atom. The van der Waals surface area contributed by atoms with Gasteiger partial charge in [-0.1, -0.05) is 25.7 Å². The van der Waals surface area contributed by atoms with Crippen molar-refractivity contribution in [2.45, 2.75) is 63.5 Å². The van der Waals surface area contributed by atoms with E-state index >= 15 is 0 Å². The number of piperidine rings is 1. The second-order valence-corrected chi connectivity index (χ2v) is 5.76. The standard InChI is InChI=1S/C14H27N3O.ClH/c15-10-13-8-4-5-9-17(13)11-14(18)16-12-6-2-1-3-7-12;/h12-13H,1-11,15H2,(H,16,18);1H. The van der Waals surface area contributed by atoms with Crippen LogP contribution in [-0.4, -0.2) is 42.5 Å². The minimum atomic E-state index is 0. The Morgan fingerprint density at radius 2 is 1.79 bits per heavy atom. The van der Waals surface area contributed by atoms with Crippen LogP contribution in [0.4, 0.5) is 0 Å². The van der Waals surface area contributed by atoms with E-state index in [9.17, 15) is 4.79 Å². The lowest BCUT2D eigenvalue weighted by Gasteiger charge is -2.35. The van der Waals surface area contributed by atoms with Crippen LogP contribution in [0, 0.1) is 0 Å². The monoisotopic (exact) mass is 289 g/mol. The van der Waals surface area contributed by atoms with Crippen LogP contribution >= 0.6 is 12.4 Å². The maximum absolute atomic E-state index is 12.0. The number of rotatable bonds is 4. The average molecular weight is 290 g/mol. The third kappa shape index (κ3) is 5.28. The lowest BCUT2D eigenvalue weighted by atomic mass is 9.95. The van der Waals surface area contributed by atoms with Gasteiger partial charge in [0, 0.05) is 18.6 Å². The topological polar surface area (TPSA) is 58.4 Å². The van der Waals surface area contributed by atoms with E-state index in [0.717, 1.165) is 25.8 Å². The summed E-state index contributed by atoms with van der Waals surface area (Å²) in [7, 11) is 0. The predicted molar refractivity (Wildman–Crippen MR) is 80.5 cm³/mol. The fourth-order valence-corrected chi connectivity index (χ4v) is 3.24. The zero-order valence-electron chi connectivity index (χ0n) is 11.8. The minimum Gasteiger partial charge on any atom is -0.352 e. The van der Waals surface area contributed by atoms with E-state index in [2.05, 4.69) is 10.2 Å². The van der Waals surface area contributed by atoms with Crippen molar-refractivity contribution < 1.29 is 4.79 Å². The van der Waals surface area contributed by atoms with Crippen molar-refractivity contribution in [3.8, 4) is 0 Å². The zero-order valence-corrected chi connectivity index (χ0v) is 12.6. The molecule has 1 aliphatic carbocycles. The highest BCUT2D eigenvalue weighted by molar-refractivity contribution is 5.85. The van der Waals surface area contributed by atoms with Crippen molar-refractivity contribution in [2.24, 2.45) is 5.73 Å². The number of carbonyl (C=O) groups is 1. The van der Waals surface area contributed by atoms with Gasteiger partial charge in [0.05, 0.1) is 6.54 Å². The number of hydrogen-bond acceptors (Lipinski definition) is 3. The summed E-state index contributed by atoms with van der Waals surface area (Å²) in [6, 6.07) is 0.836. The van der Waals surface area contributed by atoms with E-state index in [4.69, 9.17) is 5.73 Å². The highest BCUT2D eigenvalue weighted by Gasteiger charge is 2.24. The molecule has 0 bridgehead atoms. The maximum Gasteiger partial charge on any atom is 0.234 e. The molecule has 3 N–H and O–H groups in total. The second-order valence-electron chi connectivity index (χ2n) is 5.76. The molecule has 1 unspecified atom stereocenters. The normalized spacial score (nSPS) is 25.6. The van der Waals surface area contributed by atoms with Crippen LogP contribution in [-0.2, 0) is 4.79 Å². The highest BCUT2D eigenvalue weighted by Crippen LogP contribution is 2.18. The van der Waals surface area contributed by atoms with E-state index < -0.39 is 0 Å². The molecular formula is C14H28ClN3O. The highest BCUT2D eigenvalue weighted by atomic mass is 35.5. The van der Waals surface area contributed by atoms with Crippen LogP contribution in [0.2, 0.25) is 0 Å². The molecule has 0 aromatic carbocycles. The Hall–Kier alpha value is -0.320. The lowest BCUT2D eigenvalue weighted by Crippen LogP contribution is -2.50. The third-order valence-corrected chi connectivity index (χ3v) is 4.34. The van der Waals surface area contributed by atoms with E-state index in [-0.39, 0.29) is 18.3 Å². The molecule has 5 heteroatoms. The smallest absolute Gasteiger partial charge is 0.234 e. The summed E-state index contributed by atoms with van der Waals surface area (Å²) in [6.07, 6.45) is 9.77. The minimum absolute atomic E-state index is 0.